The number of thiophene rings is 1. The minimum absolute atomic E-state index is 0.0361. The molecule has 0 spiro atoms. The number of hydrogen-bond donors (Lipinski definition) is 0. The smallest absolute Gasteiger partial charge is 0.116 e. The Morgan fingerprint density at radius 3 is 2.40 bits per heavy atom. The Morgan fingerprint density at radius 2 is 1.63 bits per heavy atom. The molecule has 2 nitrogen and oxygen atoms in total. The number of rotatable bonds is 2. The van der Waals surface area contributed by atoms with E-state index in [1.54, 1.807) is 6.33 Å². The summed E-state index contributed by atoms with van der Waals surface area (Å²) in [5.41, 5.74) is 7.36. The van der Waals surface area contributed by atoms with Crippen molar-refractivity contribution in [3.8, 4) is 11.3 Å². The third kappa shape index (κ3) is 3.42. The van der Waals surface area contributed by atoms with E-state index in [2.05, 4.69) is 108 Å². The molecule has 0 bridgehead atoms. The molecule has 0 saturated heterocycles. The van der Waals surface area contributed by atoms with Crippen LogP contribution >= 0.6 is 11.3 Å². The summed E-state index contributed by atoms with van der Waals surface area (Å²) in [5.74, 6) is 0. The van der Waals surface area contributed by atoms with Crippen LogP contribution < -0.4 is 5.19 Å². The van der Waals surface area contributed by atoms with Gasteiger partial charge in [-0.05, 0) is 62.3 Å². The highest BCUT2D eigenvalue weighted by Gasteiger charge is 2.37. The topological polar surface area (TPSA) is 25.8 Å². The molecular weight excluding hydrogens is 461 g/mol. The Bertz CT molecular complexity index is 1670. The molecule has 3 heterocycles. The lowest BCUT2D eigenvalue weighted by atomic mass is 9.82. The summed E-state index contributed by atoms with van der Waals surface area (Å²) in [6.45, 7) is 14.1. The molecule has 1 aliphatic heterocycles. The first kappa shape index (κ1) is 22.4. The molecule has 2 aromatic heterocycles. The first-order valence-electron chi connectivity index (χ1n) is 12.3. The number of nitrogens with zero attached hydrogens (tertiary/aromatic N) is 2. The third-order valence-corrected chi connectivity index (χ3v) is 12.5. The molecule has 0 fully saturated rings. The maximum absolute atomic E-state index is 4.86. The Labute approximate surface area is 212 Å². The average molecular weight is 491 g/mol. The van der Waals surface area contributed by atoms with E-state index in [0.29, 0.717) is 0 Å². The molecule has 174 valence electrons. The van der Waals surface area contributed by atoms with Gasteiger partial charge in [0.05, 0.1) is 15.9 Å². The van der Waals surface area contributed by atoms with Crippen LogP contribution in [0, 0.1) is 6.92 Å². The van der Waals surface area contributed by atoms with Crippen molar-refractivity contribution in [2.45, 2.75) is 46.2 Å². The van der Waals surface area contributed by atoms with Gasteiger partial charge in [0.15, 0.2) is 0 Å². The quantitative estimate of drug-likeness (QED) is 0.233. The average Bonchev–Trinajstić information content (AvgIpc) is 3.31. The van der Waals surface area contributed by atoms with Crippen molar-refractivity contribution >= 4 is 56.9 Å². The molecule has 0 atom stereocenters. The van der Waals surface area contributed by atoms with Gasteiger partial charge in [0.2, 0.25) is 0 Å². The molecule has 0 radical (unpaired) electrons. The second-order valence-corrected chi connectivity index (χ2v) is 16.6. The lowest BCUT2D eigenvalue weighted by molar-refractivity contribution is 0.596. The third-order valence-electron chi connectivity index (χ3n) is 7.50. The summed E-state index contributed by atoms with van der Waals surface area (Å²) in [5, 5.41) is 5.62. The van der Waals surface area contributed by atoms with Crippen molar-refractivity contribution < 1.29 is 0 Å². The highest BCUT2D eigenvalue weighted by molar-refractivity contribution is 7.24. The zero-order valence-electron chi connectivity index (χ0n) is 21.2. The summed E-state index contributed by atoms with van der Waals surface area (Å²) in [7, 11) is -1.77. The molecule has 0 unspecified atom stereocenters. The van der Waals surface area contributed by atoms with Gasteiger partial charge in [-0.3, -0.25) is 0 Å². The van der Waals surface area contributed by atoms with Crippen molar-refractivity contribution in [3.05, 3.63) is 88.6 Å². The molecule has 0 saturated carbocycles. The van der Waals surface area contributed by atoms with Gasteiger partial charge in [-0.15, -0.1) is 11.3 Å². The number of hydrogen-bond acceptors (Lipinski definition) is 3. The van der Waals surface area contributed by atoms with Crippen molar-refractivity contribution in [1.82, 2.24) is 9.97 Å². The highest BCUT2D eigenvalue weighted by Crippen LogP contribution is 2.45. The Hall–Kier alpha value is -3.08. The first-order valence-corrected chi connectivity index (χ1v) is 16.1. The molecule has 4 heteroatoms. The van der Waals surface area contributed by atoms with E-state index in [4.69, 9.17) is 9.97 Å². The molecule has 3 aromatic carbocycles. The van der Waals surface area contributed by atoms with Gasteiger partial charge in [0, 0.05) is 10.4 Å². The number of aryl methyl sites for hydroxylation is 1. The summed E-state index contributed by atoms with van der Waals surface area (Å²) >= 11 is 1.88. The molecule has 35 heavy (non-hydrogen) atoms. The number of benzene rings is 3. The Balaban J connectivity index is 1.58. The van der Waals surface area contributed by atoms with Gasteiger partial charge in [0.1, 0.15) is 14.4 Å². The molecule has 1 aliphatic rings. The van der Waals surface area contributed by atoms with Crippen LogP contribution in [0.5, 0.6) is 0 Å². The second-order valence-electron chi connectivity index (χ2n) is 11.2. The zero-order chi connectivity index (χ0) is 24.5. The normalized spacial score (nSPS) is 15.0. The predicted octanol–water partition coefficient (Wildman–Crippen LogP) is 8.13. The van der Waals surface area contributed by atoms with E-state index in [1.165, 1.54) is 53.0 Å². The molecule has 0 amide bonds. The second kappa shape index (κ2) is 7.71. The van der Waals surface area contributed by atoms with Crippen LogP contribution in [0.2, 0.25) is 13.1 Å². The SMILES string of the molecule is Cc1c(C2=Cc3ccccc3[Si]2(C)C)sc2c(-c3cc(C(C)(C)C)c4ccccc4c3)ncnc12. The Morgan fingerprint density at radius 1 is 0.886 bits per heavy atom. The van der Waals surface area contributed by atoms with Gasteiger partial charge in [0.25, 0.3) is 0 Å². The lowest BCUT2D eigenvalue weighted by Crippen LogP contribution is -2.40. The molecule has 0 N–H and O–H groups in total. The van der Waals surface area contributed by atoms with Crippen LogP contribution in [0.3, 0.4) is 0 Å². The fraction of sp³-hybridized carbons (Fsp3) is 0.226. The lowest BCUT2D eigenvalue weighted by Gasteiger charge is -2.22. The van der Waals surface area contributed by atoms with Crippen LogP contribution in [0.15, 0.2) is 67.0 Å². The standard InChI is InChI=1S/C31H30N2SSi/c1-19-27-30(34-29(19)26-17-21-12-8-10-14-25(21)35(26,5)6)28(33-18-32-27)22-15-20-11-7-9-13-23(20)24(16-22)31(2,3)4/h7-18H,1-6H3. The zero-order valence-corrected chi connectivity index (χ0v) is 23.0. The fourth-order valence-corrected chi connectivity index (χ4v) is 10.6. The van der Waals surface area contributed by atoms with E-state index >= 15 is 0 Å². The maximum Gasteiger partial charge on any atom is 0.116 e. The maximum atomic E-state index is 4.86. The summed E-state index contributed by atoms with van der Waals surface area (Å²) < 4.78 is 1.19. The van der Waals surface area contributed by atoms with Gasteiger partial charge in [-0.25, -0.2) is 9.97 Å². The molecule has 5 aromatic rings. The minimum atomic E-state index is -1.77. The van der Waals surface area contributed by atoms with Crippen LogP contribution in [-0.4, -0.2) is 18.0 Å². The minimum Gasteiger partial charge on any atom is -0.235 e. The van der Waals surface area contributed by atoms with E-state index in [1.807, 2.05) is 11.3 Å². The first-order chi connectivity index (χ1) is 16.7. The van der Waals surface area contributed by atoms with Crippen molar-refractivity contribution in [2.75, 3.05) is 0 Å². The van der Waals surface area contributed by atoms with Crippen LogP contribution in [0.25, 0.3) is 43.5 Å². The summed E-state index contributed by atoms with van der Waals surface area (Å²) in [6.07, 6.45) is 4.17. The molecule has 0 aliphatic carbocycles. The highest BCUT2D eigenvalue weighted by atomic mass is 32.1. The number of fused-ring (bicyclic) bond motifs is 3. The van der Waals surface area contributed by atoms with Gasteiger partial charge in [-0.1, -0.05) is 88.5 Å². The monoisotopic (exact) mass is 490 g/mol. The van der Waals surface area contributed by atoms with Gasteiger partial charge >= 0.3 is 0 Å². The fourth-order valence-electron chi connectivity index (χ4n) is 5.58. The largest absolute Gasteiger partial charge is 0.235 e. The van der Waals surface area contributed by atoms with Crippen molar-refractivity contribution in [3.63, 3.8) is 0 Å². The van der Waals surface area contributed by atoms with E-state index in [-0.39, 0.29) is 5.41 Å². The van der Waals surface area contributed by atoms with E-state index in [0.717, 1.165) is 11.2 Å². The van der Waals surface area contributed by atoms with E-state index < -0.39 is 8.07 Å². The van der Waals surface area contributed by atoms with Crippen LogP contribution in [0.1, 0.15) is 42.3 Å². The van der Waals surface area contributed by atoms with E-state index in [9.17, 15) is 0 Å². The predicted molar refractivity (Wildman–Crippen MR) is 155 cm³/mol. The Kier molecular flexibility index (Phi) is 4.93. The summed E-state index contributed by atoms with van der Waals surface area (Å²) in [4.78, 5) is 11.0. The molecule has 6 rings (SSSR count). The molecular formula is C31H30N2SSi. The van der Waals surface area contributed by atoms with Crippen LogP contribution in [-0.2, 0) is 5.41 Å². The van der Waals surface area contributed by atoms with Crippen molar-refractivity contribution in [2.24, 2.45) is 0 Å². The van der Waals surface area contributed by atoms with Crippen molar-refractivity contribution in [1.29, 1.82) is 0 Å². The number of aromatic nitrogens is 2. The summed E-state index contributed by atoms with van der Waals surface area (Å²) in [6, 6.07) is 22.3. The van der Waals surface area contributed by atoms with Crippen LogP contribution in [0.4, 0.5) is 0 Å². The van der Waals surface area contributed by atoms with Gasteiger partial charge < -0.3 is 0 Å². The van der Waals surface area contributed by atoms with Gasteiger partial charge in [-0.2, -0.15) is 0 Å².